The van der Waals surface area contributed by atoms with Crippen LogP contribution in [0.1, 0.15) is 60.3 Å². The fourth-order valence-electron chi connectivity index (χ4n) is 2.94. The highest BCUT2D eigenvalue weighted by atomic mass is 16.2. The van der Waals surface area contributed by atoms with Crippen LogP contribution in [0.15, 0.2) is 58.5 Å². The van der Waals surface area contributed by atoms with Crippen molar-refractivity contribution in [3.63, 3.8) is 0 Å². The summed E-state index contributed by atoms with van der Waals surface area (Å²) in [6.45, 7) is 14.7. The second-order valence-corrected chi connectivity index (χ2v) is 7.08. The topological polar surface area (TPSA) is 72.3 Å². The van der Waals surface area contributed by atoms with Crippen LogP contribution in [0.2, 0.25) is 0 Å². The van der Waals surface area contributed by atoms with E-state index in [0.717, 1.165) is 53.7 Å². The van der Waals surface area contributed by atoms with E-state index in [1.807, 2.05) is 37.8 Å². The summed E-state index contributed by atoms with van der Waals surface area (Å²) < 4.78 is 0. The molecule has 0 aromatic rings. The van der Waals surface area contributed by atoms with Gasteiger partial charge in [0.2, 0.25) is 0 Å². The largest absolute Gasteiger partial charge is 0.402 e. The number of nitrogens with two attached hydrogens (primary N) is 2. The first kappa shape index (κ1) is 21.8. The lowest BCUT2D eigenvalue weighted by molar-refractivity contribution is -0.126. The second kappa shape index (κ2) is 10.0. The molecule has 0 aliphatic carbocycles. The average Bonchev–Trinajstić information content (AvgIpc) is 2.91. The zero-order valence-corrected chi connectivity index (χ0v) is 17.1. The van der Waals surface area contributed by atoms with E-state index in [-0.39, 0.29) is 11.9 Å². The van der Waals surface area contributed by atoms with Crippen LogP contribution in [0.4, 0.5) is 0 Å². The Kier molecular flexibility index (Phi) is 8.43. The first-order valence-corrected chi connectivity index (χ1v) is 9.53. The predicted octanol–water partition coefficient (Wildman–Crippen LogP) is 4.32. The van der Waals surface area contributed by atoms with Gasteiger partial charge in [0.1, 0.15) is 0 Å². The molecule has 1 rings (SSSR count). The van der Waals surface area contributed by atoms with Gasteiger partial charge in [0.15, 0.2) is 0 Å². The number of hydrogen-bond acceptors (Lipinski definition) is 3. The first-order chi connectivity index (χ1) is 12.2. The van der Waals surface area contributed by atoms with Crippen molar-refractivity contribution in [1.29, 1.82) is 0 Å². The minimum atomic E-state index is -0.196. The monoisotopic (exact) mass is 357 g/mol. The van der Waals surface area contributed by atoms with Gasteiger partial charge in [-0.15, -0.1) is 0 Å². The maximum atomic E-state index is 12.9. The van der Waals surface area contributed by atoms with E-state index in [0.29, 0.717) is 12.2 Å². The van der Waals surface area contributed by atoms with Gasteiger partial charge in [0.25, 0.3) is 5.91 Å². The minimum absolute atomic E-state index is 0.0161. The van der Waals surface area contributed by atoms with E-state index in [1.54, 1.807) is 0 Å². The van der Waals surface area contributed by atoms with E-state index in [2.05, 4.69) is 26.5 Å². The normalized spacial score (nSPS) is 18.0. The lowest BCUT2D eigenvalue weighted by Crippen LogP contribution is -2.39. The zero-order valence-electron chi connectivity index (χ0n) is 17.1. The minimum Gasteiger partial charge on any atom is -0.402 e. The molecule has 4 heteroatoms. The van der Waals surface area contributed by atoms with E-state index in [1.165, 1.54) is 0 Å². The lowest BCUT2D eigenvalue weighted by Gasteiger charge is -2.26. The van der Waals surface area contributed by atoms with Crippen molar-refractivity contribution in [1.82, 2.24) is 4.90 Å². The molecule has 1 aliphatic heterocycles. The molecule has 0 radical (unpaired) electrons. The zero-order chi connectivity index (χ0) is 19.9. The van der Waals surface area contributed by atoms with Crippen molar-refractivity contribution < 1.29 is 4.79 Å². The summed E-state index contributed by atoms with van der Waals surface area (Å²) in [4.78, 5) is 14.7. The molecule has 1 aliphatic rings. The van der Waals surface area contributed by atoms with Crippen molar-refractivity contribution in [3.8, 4) is 0 Å². The molecule has 4 nitrogen and oxygen atoms in total. The van der Waals surface area contributed by atoms with Crippen LogP contribution in [-0.4, -0.2) is 23.4 Å². The molecule has 26 heavy (non-hydrogen) atoms. The van der Waals surface area contributed by atoms with Crippen LogP contribution in [0.25, 0.3) is 0 Å². The van der Waals surface area contributed by atoms with Gasteiger partial charge in [-0.3, -0.25) is 4.79 Å². The number of nitrogens with zero attached hydrogens (tertiary/aromatic N) is 1. The SMILES string of the molecule is C=C(C)C1=C(/C=C\CCC)C(=O)N(C(C)/C(N)=C/C(C)=C(\N)CCC)C1. The van der Waals surface area contributed by atoms with E-state index >= 15 is 0 Å². The van der Waals surface area contributed by atoms with E-state index < -0.39 is 0 Å². The smallest absolute Gasteiger partial charge is 0.255 e. The molecule has 1 amide bonds. The molecule has 0 fully saturated rings. The summed E-state index contributed by atoms with van der Waals surface area (Å²) in [6.07, 6.45) is 9.75. The molecule has 144 valence electrons. The van der Waals surface area contributed by atoms with Gasteiger partial charge in [0.05, 0.1) is 6.04 Å². The Morgan fingerprint density at radius 3 is 2.46 bits per heavy atom. The molecular formula is C22H35N3O. The summed E-state index contributed by atoms with van der Waals surface area (Å²) in [7, 11) is 0. The maximum absolute atomic E-state index is 12.9. The number of rotatable bonds is 9. The first-order valence-electron chi connectivity index (χ1n) is 9.53. The third-order valence-electron chi connectivity index (χ3n) is 4.76. The fraction of sp³-hybridized carbons (Fsp3) is 0.500. The Balaban J connectivity index is 3.05. The van der Waals surface area contributed by atoms with Gasteiger partial charge in [-0.2, -0.15) is 0 Å². The van der Waals surface area contributed by atoms with Gasteiger partial charge < -0.3 is 16.4 Å². The van der Waals surface area contributed by atoms with Crippen molar-refractivity contribution >= 4 is 5.91 Å². The molecule has 4 N–H and O–H groups in total. The maximum Gasteiger partial charge on any atom is 0.255 e. The Labute approximate surface area is 159 Å². The van der Waals surface area contributed by atoms with Gasteiger partial charge in [-0.05, 0) is 50.8 Å². The number of unbranched alkanes of at least 4 members (excludes halogenated alkanes) is 1. The summed E-state index contributed by atoms with van der Waals surface area (Å²) in [5, 5.41) is 0. The standard InChI is InChI=1S/C22H35N3O/c1-7-9-10-12-18-19(15(3)4)14-25(22(18)26)17(6)21(24)13-16(5)20(23)11-8-2/h10,12-13,17H,3,7-9,11,14,23-24H2,1-2,4-6H3/b12-10-,20-16-,21-13-. The van der Waals surface area contributed by atoms with Crippen molar-refractivity contribution in [2.24, 2.45) is 11.5 Å². The van der Waals surface area contributed by atoms with Crippen LogP contribution in [-0.2, 0) is 4.79 Å². The molecule has 1 heterocycles. The van der Waals surface area contributed by atoms with Gasteiger partial charge in [-0.1, -0.05) is 51.0 Å². The van der Waals surface area contributed by atoms with Gasteiger partial charge in [0, 0.05) is 23.5 Å². The van der Waals surface area contributed by atoms with Crippen LogP contribution in [0.3, 0.4) is 0 Å². The number of carbonyl (C=O) groups is 1. The van der Waals surface area contributed by atoms with Crippen LogP contribution in [0, 0.1) is 0 Å². The van der Waals surface area contributed by atoms with Gasteiger partial charge >= 0.3 is 0 Å². The molecule has 1 unspecified atom stereocenters. The summed E-state index contributed by atoms with van der Waals surface area (Å²) >= 11 is 0. The lowest BCUT2D eigenvalue weighted by atomic mass is 10.0. The summed E-state index contributed by atoms with van der Waals surface area (Å²) in [6, 6.07) is -0.196. The Bertz CT molecular complexity index is 665. The Morgan fingerprint density at radius 2 is 1.92 bits per heavy atom. The molecule has 0 aromatic carbocycles. The molecule has 0 aromatic heterocycles. The van der Waals surface area contributed by atoms with Crippen molar-refractivity contribution in [2.75, 3.05) is 6.54 Å². The van der Waals surface area contributed by atoms with E-state index in [9.17, 15) is 4.79 Å². The molecule has 0 spiro atoms. The third kappa shape index (κ3) is 5.38. The van der Waals surface area contributed by atoms with Crippen LogP contribution < -0.4 is 11.5 Å². The summed E-state index contributed by atoms with van der Waals surface area (Å²) in [5.41, 5.74) is 17.5. The van der Waals surface area contributed by atoms with Crippen LogP contribution in [0.5, 0.6) is 0 Å². The number of allylic oxidation sites excluding steroid dienone is 4. The van der Waals surface area contributed by atoms with Crippen LogP contribution >= 0.6 is 0 Å². The van der Waals surface area contributed by atoms with Gasteiger partial charge in [-0.25, -0.2) is 0 Å². The second-order valence-electron chi connectivity index (χ2n) is 7.08. The predicted molar refractivity (Wildman–Crippen MR) is 111 cm³/mol. The quantitative estimate of drug-likeness (QED) is 0.604. The molecule has 0 saturated carbocycles. The molecule has 1 atom stereocenters. The Hall–Kier alpha value is -2.23. The fourth-order valence-corrected chi connectivity index (χ4v) is 2.94. The number of carbonyl (C=O) groups excluding carboxylic acids is 1. The highest BCUT2D eigenvalue weighted by Gasteiger charge is 2.32. The molecule has 0 saturated heterocycles. The highest BCUT2D eigenvalue weighted by molar-refractivity contribution is 6.01. The Morgan fingerprint density at radius 1 is 1.27 bits per heavy atom. The van der Waals surface area contributed by atoms with E-state index in [4.69, 9.17) is 11.5 Å². The summed E-state index contributed by atoms with van der Waals surface area (Å²) in [5.74, 6) is 0.0161. The number of amides is 1. The van der Waals surface area contributed by atoms with Crippen molar-refractivity contribution in [3.05, 3.63) is 58.5 Å². The van der Waals surface area contributed by atoms with Crippen molar-refractivity contribution in [2.45, 2.75) is 66.3 Å². The highest BCUT2D eigenvalue weighted by Crippen LogP contribution is 2.28. The number of hydrogen-bond donors (Lipinski definition) is 2. The third-order valence-corrected chi connectivity index (χ3v) is 4.76. The average molecular weight is 358 g/mol. The molecule has 0 bridgehead atoms. The molecular weight excluding hydrogens is 322 g/mol.